The number of hydrogen-bond acceptors (Lipinski definition) is 6. The maximum Gasteiger partial charge on any atom is 0.333 e. The minimum absolute atomic E-state index is 0.119. The fourth-order valence-electron chi connectivity index (χ4n) is 1.32. The van der Waals surface area contributed by atoms with E-state index in [0.29, 0.717) is 19.8 Å². The van der Waals surface area contributed by atoms with Gasteiger partial charge in [-0.25, -0.2) is 4.79 Å². The second kappa shape index (κ2) is 9.50. The van der Waals surface area contributed by atoms with Crippen LogP contribution in [0.3, 0.4) is 0 Å². The molecular formula is C11H23O6P. The van der Waals surface area contributed by atoms with Crippen LogP contribution in [-0.4, -0.2) is 44.7 Å². The van der Waals surface area contributed by atoms with Crippen LogP contribution >= 0.6 is 7.60 Å². The Kier molecular flexibility index (Phi) is 9.28. The number of carbonyl (C=O) groups is 1. The van der Waals surface area contributed by atoms with Crippen molar-refractivity contribution in [3.8, 4) is 0 Å². The first-order valence-corrected chi connectivity index (χ1v) is 7.85. The van der Waals surface area contributed by atoms with Gasteiger partial charge in [0.25, 0.3) is 0 Å². The monoisotopic (exact) mass is 282 g/mol. The normalized spacial score (nSPS) is 13.3. The smallest absolute Gasteiger partial charge is 0.333 e. The highest BCUT2D eigenvalue weighted by molar-refractivity contribution is 7.53. The summed E-state index contributed by atoms with van der Waals surface area (Å²) >= 11 is 0. The third kappa shape index (κ3) is 7.82. The summed E-state index contributed by atoms with van der Waals surface area (Å²) in [6, 6.07) is 0. The summed E-state index contributed by atoms with van der Waals surface area (Å²) in [5, 5.41) is 0. The van der Waals surface area contributed by atoms with Crippen LogP contribution < -0.4 is 0 Å². The van der Waals surface area contributed by atoms with Gasteiger partial charge in [0.1, 0.15) is 6.61 Å². The van der Waals surface area contributed by atoms with Crippen LogP contribution in [0.15, 0.2) is 0 Å². The zero-order valence-corrected chi connectivity index (χ0v) is 12.4. The highest BCUT2D eigenvalue weighted by Gasteiger charge is 2.27. The molecule has 0 heterocycles. The number of ether oxygens (including phenoxy) is 2. The van der Waals surface area contributed by atoms with Crippen LogP contribution in [0.2, 0.25) is 0 Å². The quantitative estimate of drug-likeness (QED) is 0.452. The Morgan fingerprint density at radius 2 is 1.67 bits per heavy atom. The lowest BCUT2D eigenvalue weighted by Gasteiger charge is -2.20. The fourth-order valence-corrected chi connectivity index (χ4v) is 3.12. The Labute approximate surface area is 108 Å². The summed E-state index contributed by atoms with van der Waals surface area (Å²) < 4.78 is 32.4. The summed E-state index contributed by atoms with van der Waals surface area (Å²) in [4.78, 5) is 11.1. The molecule has 0 aromatic rings. The van der Waals surface area contributed by atoms with Crippen molar-refractivity contribution in [1.82, 2.24) is 0 Å². The van der Waals surface area contributed by atoms with Gasteiger partial charge < -0.3 is 18.5 Å². The molecule has 0 aliphatic carbocycles. The zero-order chi connectivity index (χ0) is 14.0. The Morgan fingerprint density at radius 3 is 2.11 bits per heavy atom. The molecule has 6 nitrogen and oxygen atoms in total. The minimum atomic E-state index is -3.13. The fraction of sp³-hybridized carbons (Fsp3) is 0.909. The summed E-state index contributed by atoms with van der Waals surface area (Å²) in [6.45, 7) is 7.69. The lowest BCUT2D eigenvalue weighted by Crippen LogP contribution is -2.21. The average Bonchev–Trinajstić information content (AvgIpc) is 2.27. The molecule has 0 aliphatic heterocycles. The molecule has 7 heteroatoms. The van der Waals surface area contributed by atoms with E-state index in [0.717, 1.165) is 0 Å². The molecule has 0 radical (unpaired) electrons. The first-order valence-electron chi connectivity index (χ1n) is 6.12. The number of hydrogen-bond donors (Lipinski definition) is 0. The molecule has 0 aliphatic rings. The van der Waals surface area contributed by atoms with Crippen LogP contribution in [0.1, 0.15) is 27.7 Å². The van der Waals surface area contributed by atoms with Crippen molar-refractivity contribution < 1.29 is 27.9 Å². The summed E-state index contributed by atoms with van der Waals surface area (Å²) in [6.07, 6.45) is -0.285. The molecule has 0 amide bonds. The standard InChI is InChI=1S/C11H23O6P/c1-5-14-11(12)8-15-10(4)9-18(13,16-6-2)17-7-3/h10H,5-9H2,1-4H3. The van der Waals surface area contributed by atoms with Gasteiger partial charge in [-0.1, -0.05) is 0 Å². The Morgan fingerprint density at radius 1 is 1.11 bits per heavy atom. The SMILES string of the molecule is CCOC(=O)COC(C)CP(=O)(OCC)OCC. The molecule has 108 valence electrons. The summed E-state index contributed by atoms with van der Waals surface area (Å²) in [5.41, 5.74) is 0. The average molecular weight is 282 g/mol. The number of rotatable bonds is 10. The molecular weight excluding hydrogens is 259 g/mol. The van der Waals surface area contributed by atoms with Crippen LogP contribution in [0.4, 0.5) is 0 Å². The van der Waals surface area contributed by atoms with Gasteiger partial charge >= 0.3 is 13.6 Å². The lowest BCUT2D eigenvalue weighted by molar-refractivity contribution is -0.149. The van der Waals surface area contributed by atoms with Crippen molar-refractivity contribution in [3.05, 3.63) is 0 Å². The van der Waals surface area contributed by atoms with E-state index in [-0.39, 0.29) is 12.8 Å². The molecule has 1 atom stereocenters. The topological polar surface area (TPSA) is 71.1 Å². The van der Waals surface area contributed by atoms with E-state index in [1.807, 2.05) is 0 Å². The minimum Gasteiger partial charge on any atom is -0.464 e. The van der Waals surface area contributed by atoms with Crippen molar-refractivity contribution >= 4 is 13.6 Å². The number of esters is 1. The molecule has 0 aromatic carbocycles. The first kappa shape index (κ1) is 17.6. The maximum atomic E-state index is 12.2. The molecule has 0 spiro atoms. The van der Waals surface area contributed by atoms with Gasteiger partial charge in [0, 0.05) is 0 Å². The predicted molar refractivity (Wildman–Crippen MR) is 67.8 cm³/mol. The molecule has 0 N–H and O–H groups in total. The number of carbonyl (C=O) groups excluding carboxylic acids is 1. The molecule has 0 aromatic heterocycles. The molecule has 18 heavy (non-hydrogen) atoms. The van der Waals surface area contributed by atoms with E-state index < -0.39 is 19.7 Å². The van der Waals surface area contributed by atoms with Crippen molar-refractivity contribution in [2.24, 2.45) is 0 Å². The molecule has 0 bridgehead atoms. The van der Waals surface area contributed by atoms with Crippen molar-refractivity contribution in [2.45, 2.75) is 33.8 Å². The summed E-state index contributed by atoms with van der Waals surface area (Å²) in [7, 11) is -3.13. The Hall–Kier alpha value is -0.420. The van der Waals surface area contributed by atoms with Crippen molar-refractivity contribution in [1.29, 1.82) is 0 Å². The third-order valence-corrected chi connectivity index (χ3v) is 4.19. The van der Waals surface area contributed by atoms with Gasteiger partial charge in [-0.2, -0.15) is 0 Å². The second-order valence-electron chi connectivity index (χ2n) is 3.56. The van der Waals surface area contributed by atoms with Gasteiger partial charge in [0.2, 0.25) is 0 Å². The summed E-state index contributed by atoms with van der Waals surface area (Å²) in [5.74, 6) is -0.438. The van der Waals surface area contributed by atoms with E-state index in [1.54, 1.807) is 27.7 Å². The van der Waals surface area contributed by atoms with E-state index in [9.17, 15) is 9.36 Å². The molecule has 0 rings (SSSR count). The van der Waals surface area contributed by atoms with Gasteiger partial charge in [0.05, 0.1) is 32.1 Å². The highest BCUT2D eigenvalue weighted by Crippen LogP contribution is 2.48. The van der Waals surface area contributed by atoms with Gasteiger partial charge in [-0.15, -0.1) is 0 Å². The van der Waals surface area contributed by atoms with Gasteiger partial charge in [0.15, 0.2) is 0 Å². The lowest BCUT2D eigenvalue weighted by atomic mass is 10.5. The molecule has 0 fully saturated rings. The highest BCUT2D eigenvalue weighted by atomic mass is 31.2. The maximum absolute atomic E-state index is 12.2. The second-order valence-corrected chi connectivity index (χ2v) is 5.66. The molecule has 0 saturated heterocycles. The van der Waals surface area contributed by atoms with Crippen LogP contribution in [0.25, 0.3) is 0 Å². The van der Waals surface area contributed by atoms with Gasteiger partial charge in [-0.05, 0) is 27.7 Å². The van der Waals surface area contributed by atoms with Gasteiger partial charge in [-0.3, -0.25) is 4.57 Å². The van der Waals surface area contributed by atoms with Crippen LogP contribution in [-0.2, 0) is 27.9 Å². The molecule has 0 saturated carbocycles. The van der Waals surface area contributed by atoms with Crippen molar-refractivity contribution in [2.75, 3.05) is 32.6 Å². The zero-order valence-electron chi connectivity index (χ0n) is 11.5. The van der Waals surface area contributed by atoms with Crippen LogP contribution in [0.5, 0.6) is 0 Å². The third-order valence-electron chi connectivity index (χ3n) is 1.92. The van der Waals surface area contributed by atoms with Crippen LogP contribution in [0, 0.1) is 0 Å². The molecule has 1 unspecified atom stereocenters. The largest absolute Gasteiger partial charge is 0.464 e. The first-order chi connectivity index (χ1) is 8.47. The van der Waals surface area contributed by atoms with Crippen molar-refractivity contribution in [3.63, 3.8) is 0 Å². The Balaban J connectivity index is 4.13. The predicted octanol–water partition coefficient (Wildman–Crippen LogP) is 2.22. The van der Waals surface area contributed by atoms with E-state index in [1.165, 1.54) is 0 Å². The van der Waals surface area contributed by atoms with E-state index in [4.69, 9.17) is 18.5 Å². The Bertz CT molecular complexity index is 271. The van der Waals surface area contributed by atoms with E-state index >= 15 is 0 Å². The van der Waals surface area contributed by atoms with E-state index in [2.05, 4.69) is 0 Å².